The van der Waals surface area contributed by atoms with Gasteiger partial charge in [-0.15, -0.1) is 0 Å². The lowest BCUT2D eigenvalue weighted by Crippen LogP contribution is -2.30. The minimum Gasteiger partial charge on any atom is -0.221 e. The van der Waals surface area contributed by atoms with E-state index in [0.29, 0.717) is 0 Å². The maximum Gasteiger partial charge on any atom is 0.511 e. The SMILES string of the molecule is C=Cc1ccc(C[P+](CCCCCCCC)(CCCCCCCC)CCCCCCCC)cc1.NS(=O)(=O)C(F)(F)F.NS(=O)(=O)C(F)(F)F. The van der Waals surface area contributed by atoms with Gasteiger partial charge in [0.15, 0.2) is 0 Å². The first-order chi connectivity index (χ1) is 23.2. The van der Waals surface area contributed by atoms with Crippen molar-refractivity contribution in [3.05, 3.63) is 42.0 Å². The van der Waals surface area contributed by atoms with Crippen molar-refractivity contribution in [2.75, 3.05) is 18.5 Å². The van der Waals surface area contributed by atoms with Crippen LogP contribution in [0.25, 0.3) is 6.08 Å². The average Bonchev–Trinajstić information content (AvgIpc) is 3.01. The lowest BCUT2D eigenvalue weighted by atomic mass is 10.1. The van der Waals surface area contributed by atoms with Gasteiger partial charge in [0, 0.05) is 7.26 Å². The molecule has 0 aliphatic heterocycles. The molecule has 0 bridgehead atoms. The van der Waals surface area contributed by atoms with E-state index in [4.69, 9.17) is 0 Å². The van der Waals surface area contributed by atoms with Gasteiger partial charge in [-0.2, -0.15) is 26.3 Å². The van der Waals surface area contributed by atoms with Crippen LogP contribution in [0.1, 0.15) is 147 Å². The van der Waals surface area contributed by atoms with Crippen LogP contribution in [-0.2, 0) is 26.2 Å². The Hall–Kier alpha value is -1.21. The zero-order chi connectivity index (χ0) is 38.7. The van der Waals surface area contributed by atoms with Crippen molar-refractivity contribution < 1.29 is 43.2 Å². The topological polar surface area (TPSA) is 120 Å². The van der Waals surface area contributed by atoms with E-state index >= 15 is 0 Å². The van der Waals surface area contributed by atoms with Gasteiger partial charge in [-0.1, -0.05) is 135 Å². The molecule has 296 valence electrons. The van der Waals surface area contributed by atoms with E-state index in [9.17, 15) is 43.2 Å². The van der Waals surface area contributed by atoms with Crippen LogP contribution >= 0.6 is 7.26 Å². The number of hydrogen-bond acceptors (Lipinski definition) is 4. The summed E-state index contributed by atoms with van der Waals surface area (Å²) in [4.78, 5) is 0. The summed E-state index contributed by atoms with van der Waals surface area (Å²) >= 11 is 0. The third kappa shape index (κ3) is 26.5. The molecule has 0 unspecified atom stereocenters. The Kier molecular flexibility index (Phi) is 27.9. The predicted octanol–water partition coefficient (Wildman–Crippen LogP) is 11.5. The van der Waals surface area contributed by atoms with Crippen molar-refractivity contribution in [3.63, 3.8) is 0 Å². The lowest BCUT2D eigenvalue weighted by molar-refractivity contribution is -0.0441. The van der Waals surface area contributed by atoms with Gasteiger partial charge in [0.25, 0.3) is 0 Å². The van der Waals surface area contributed by atoms with E-state index in [2.05, 4.69) is 61.9 Å². The van der Waals surface area contributed by atoms with E-state index in [1.54, 1.807) is 24.0 Å². The lowest BCUT2D eigenvalue weighted by Gasteiger charge is -2.29. The van der Waals surface area contributed by atoms with Gasteiger partial charge in [-0.3, -0.25) is 0 Å². The molecule has 15 heteroatoms. The largest absolute Gasteiger partial charge is 0.511 e. The third-order valence-electron chi connectivity index (χ3n) is 8.34. The van der Waals surface area contributed by atoms with Crippen molar-refractivity contribution >= 4 is 33.4 Å². The van der Waals surface area contributed by atoms with Crippen molar-refractivity contribution in [2.24, 2.45) is 10.3 Å². The predicted molar refractivity (Wildman–Crippen MR) is 200 cm³/mol. The first kappa shape index (κ1) is 50.9. The molecular formula is C35H64F6N2O4PS2+. The first-order valence-corrected chi connectivity index (χ1v) is 23.6. The highest BCUT2D eigenvalue weighted by Gasteiger charge is 2.43. The van der Waals surface area contributed by atoms with E-state index < -0.39 is 38.3 Å². The summed E-state index contributed by atoms with van der Waals surface area (Å²) in [6.07, 6.45) is 33.9. The Balaban J connectivity index is 0. The molecule has 0 heterocycles. The standard InChI is InChI=1S/C33H60P.2CH2F3NO2S/c1-5-9-12-15-18-21-28-34(29-22-19-16-13-10-6-2,30-23-20-17-14-11-7-3)31-33-26-24-32(8-4)25-27-33;2*2-1(3,4)8(5,6)7/h8,24-27H,4-7,9-23,28-31H2,1-3H3;2*(H2,5,6,7)/q+1;;. The number of hydrogen-bond donors (Lipinski definition) is 2. The molecule has 0 aliphatic carbocycles. The van der Waals surface area contributed by atoms with Gasteiger partial charge >= 0.3 is 31.1 Å². The van der Waals surface area contributed by atoms with Gasteiger partial charge in [-0.25, -0.2) is 27.1 Å². The fourth-order valence-corrected chi connectivity index (χ4v) is 10.2. The zero-order valence-corrected chi connectivity index (χ0v) is 33.0. The minimum atomic E-state index is -5.34. The Morgan fingerprint density at radius 2 is 0.820 bits per heavy atom. The molecule has 0 fully saturated rings. The number of unbranched alkanes of at least 4 members (excludes halogenated alkanes) is 15. The van der Waals surface area contributed by atoms with Gasteiger partial charge in [0.1, 0.15) is 0 Å². The monoisotopic (exact) mass is 785 g/mol. The summed E-state index contributed by atoms with van der Waals surface area (Å²) in [5, 5.41) is 7.32. The van der Waals surface area contributed by atoms with E-state index in [1.165, 1.54) is 127 Å². The van der Waals surface area contributed by atoms with Crippen LogP contribution in [0.2, 0.25) is 0 Å². The fraction of sp³-hybridized carbons (Fsp3) is 0.771. The molecule has 1 rings (SSSR count). The summed E-state index contributed by atoms with van der Waals surface area (Å²) in [6, 6.07) is 9.40. The van der Waals surface area contributed by atoms with Gasteiger partial charge in [0.05, 0.1) is 24.6 Å². The Morgan fingerprint density at radius 1 is 0.560 bits per heavy atom. The highest BCUT2D eigenvalue weighted by molar-refractivity contribution is 7.90. The molecule has 0 spiro atoms. The second kappa shape index (κ2) is 27.4. The van der Waals surface area contributed by atoms with Gasteiger partial charge in [-0.05, 0) is 49.7 Å². The number of primary sulfonamides is 2. The van der Waals surface area contributed by atoms with Crippen LogP contribution in [0.15, 0.2) is 30.8 Å². The maximum absolute atomic E-state index is 10.8. The molecule has 0 saturated heterocycles. The minimum absolute atomic E-state index is 0.934. The number of nitrogens with two attached hydrogens (primary N) is 2. The molecule has 0 saturated carbocycles. The van der Waals surface area contributed by atoms with Gasteiger partial charge < -0.3 is 0 Å². The number of rotatable bonds is 24. The molecule has 50 heavy (non-hydrogen) atoms. The van der Waals surface area contributed by atoms with Crippen molar-refractivity contribution in [1.29, 1.82) is 0 Å². The van der Waals surface area contributed by atoms with Crippen molar-refractivity contribution in [3.8, 4) is 0 Å². The summed E-state index contributed by atoms with van der Waals surface area (Å²) in [6.45, 7) is 10.9. The molecule has 0 atom stereocenters. The van der Waals surface area contributed by atoms with Crippen LogP contribution < -0.4 is 10.3 Å². The quantitative estimate of drug-likeness (QED) is 0.0616. The maximum atomic E-state index is 10.8. The van der Waals surface area contributed by atoms with Gasteiger partial charge in [0.2, 0.25) is 0 Å². The Labute approximate surface area is 300 Å². The number of halogens is 6. The molecule has 1 aromatic rings. The molecule has 0 radical (unpaired) electrons. The summed E-state index contributed by atoms with van der Waals surface area (Å²) in [5.41, 5.74) is -7.77. The van der Waals surface area contributed by atoms with Crippen LogP contribution in [0.5, 0.6) is 0 Å². The molecule has 1 aromatic carbocycles. The highest BCUT2D eigenvalue weighted by Crippen LogP contribution is 2.63. The number of benzene rings is 1. The first-order valence-electron chi connectivity index (χ1n) is 17.9. The molecule has 4 N–H and O–H groups in total. The highest BCUT2D eigenvalue weighted by atomic mass is 32.2. The number of alkyl halides is 6. The van der Waals surface area contributed by atoms with E-state index in [1.807, 2.05) is 6.08 Å². The summed E-state index contributed by atoms with van der Waals surface area (Å²) in [7, 11) is -11.6. The van der Waals surface area contributed by atoms with E-state index in [0.717, 1.165) is 0 Å². The second-order valence-electron chi connectivity index (χ2n) is 12.9. The fourth-order valence-electron chi connectivity index (χ4n) is 5.40. The van der Waals surface area contributed by atoms with Crippen LogP contribution in [-0.4, -0.2) is 46.3 Å². The van der Waals surface area contributed by atoms with Crippen LogP contribution in [0.4, 0.5) is 26.3 Å². The second-order valence-corrected chi connectivity index (χ2v) is 20.3. The summed E-state index contributed by atoms with van der Waals surface area (Å²) < 4.78 is 102. The van der Waals surface area contributed by atoms with Crippen molar-refractivity contribution in [2.45, 2.75) is 154 Å². The molecule has 0 aliphatic rings. The number of sulfonamides is 2. The third-order valence-corrected chi connectivity index (χ3v) is 14.5. The Bertz CT molecular complexity index is 1130. The van der Waals surface area contributed by atoms with Crippen LogP contribution in [0, 0.1) is 0 Å². The Morgan fingerprint density at radius 3 is 1.06 bits per heavy atom. The van der Waals surface area contributed by atoms with E-state index in [-0.39, 0.29) is 0 Å². The molecular weight excluding hydrogens is 721 g/mol. The smallest absolute Gasteiger partial charge is 0.221 e. The normalized spacial score (nSPS) is 12.5. The molecule has 6 nitrogen and oxygen atoms in total. The van der Waals surface area contributed by atoms with Crippen LogP contribution in [0.3, 0.4) is 0 Å². The zero-order valence-electron chi connectivity index (χ0n) is 30.5. The van der Waals surface area contributed by atoms with Crippen molar-refractivity contribution in [1.82, 2.24) is 0 Å². The summed E-state index contributed by atoms with van der Waals surface area (Å²) in [5.74, 6) is 0. The molecule has 0 amide bonds. The average molecular weight is 786 g/mol. The molecule has 0 aromatic heterocycles.